The van der Waals surface area contributed by atoms with Crippen LogP contribution in [-0.2, 0) is 19.7 Å². The molecule has 0 saturated heterocycles. The Morgan fingerprint density at radius 1 is 1.03 bits per heavy atom. The van der Waals surface area contributed by atoms with Crippen molar-refractivity contribution in [1.82, 2.24) is 10.3 Å². The topological polar surface area (TPSA) is 90.2 Å². The summed E-state index contributed by atoms with van der Waals surface area (Å²) in [5.41, 5.74) is 7.84. The van der Waals surface area contributed by atoms with Gasteiger partial charge in [0.2, 0.25) is 0 Å². The molecule has 1 heterocycles. The van der Waals surface area contributed by atoms with Crippen LogP contribution < -0.4 is 15.4 Å². The summed E-state index contributed by atoms with van der Waals surface area (Å²) in [6.45, 7) is 5.54. The van der Waals surface area contributed by atoms with Crippen LogP contribution in [0.15, 0.2) is 83.6 Å². The minimum atomic E-state index is -0.0355. The summed E-state index contributed by atoms with van der Waals surface area (Å²) in [7, 11) is 0. The molecule has 194 valence electrons. The van der Waals surface area contributed by atoms with Crippen LogP contribution in [-0.4, -0.2) is 22.7 Å². The van der Waals surface area contributed by atoms with E-state index in [4.69, 9.17) is 4.74 Å². The van der Waals surface area contributed by atoms with Crippen molar-refractivity contribution in [3.63, 3.8) is 0 Å². The lowest BCUT2D eigenvalue weighted by Gasteiger charge is -2.19. The van der Waals surface area contributed by atoms with Gasteiger partial charge in [0.1, 0.15) is 18.4 Å². The maximum atomic E-state index is 9.43. The predicted molar refractivity (Wildman–Crippen MR) is 155 cm³/mol. The summed E-state index contributed by atoms with van der Waals surface area (Å²) < 4.78 is 7.30. The lowest BCUT2D eigenvalue weighted by Crippen LogP contribution is -2.28. The number of aromatic nitrogens is 1. The Kier molecular flexibility index (Phi) is 9.50. The zero-order valence-electron chi connectivity index (χ0n) is 21.5. The lowest BCUT2D eigenvalue weighted by molar-refractivity contribution is 0.249. The molecule has 3 N–H and O–H groups in total. The third kappa shape index (κ3) is 6.99. The van der Waals surface area contributed by atoms with Crippen LogP contribution in [0, 0.1) is 18.3 Å². The van der Waals surface area contributed by atoms with E-state index in [1.807, 2.05) is 31.2 Å². The first kappa shape index (κ1) is 27.3. The second kappa shape index (κ2) is 13.2. The van der Waals surface area contributed by atoms with E-state index < -0.39 is 0 Å². The number of ether oxygens (including phenoxy) is 1. The lowest BCUT2D eigenvalue weighted by atomic mass is 10.0. The smallest absolute Gasteiger partial charge is 0.126 e. The second-order valence-corrected chi connectivity index (χ2v) is 10.0. The van der Waals surface area contributed by atoms with Crippen molar-refractivity contribution in [2.24, 2.45) is 0 Å². The molecule has 0 aliphatic heterocycles. The van der Waals surface area contributed by atoms with Gasteiger partial charge in [-0.3, -0.25) is 4.98 Å². The van der Waals surface area contributed by atoms with Crippen molar-refractivity contribution < 1.29 is 9.84 Å². The van der Waals surface area contributed by atoms with Crippen LogP contribution in [0.25, 0.3) is 11.1 Å². The SMILES string of the molecule is Cc1cc(CNC(C)CO)c(OCc2cncc(C#N)c2)cc1NCc1cccc(-c2ccccc2)c1Br. The molecule has 0 bridgehead atoms. The van der Waals surface area contributed by atoms with Gasteiger partial charge in [0, 0.05) is 58.9 Å². The summed E-state index contributed by atoms with van der Waals surface area (Å²) >= 11 is 3.82. The van der Waals surface area contributed by atoms with Crippen LogP contribution in [0.5, 0.6) is 5.75 Å². The first-order chi connectivity index (χ1) is 18.5. The molecule has 0 fully saturated rings. The number of nitrogens with one attached hydrogen (secondary N) is 2. The molecule has 0 saturated carbocycles. The van der Waals surface area contributed by atoms with Gasteiger partial charge in [0.25, 0.3) is 0 Å². The fourth-order valence-corrected chi connectivity index (χ4v) is 4.73. The van der Waals surface area contributed by atoms with E-state index >= 15 is 0 Å². The van der Waals surface area contributed by atoms with Crippen LogP contribution in [0.4, 0.5) is 5.69 Å². The number of aliphatic hydroxyl groups excluding tert-OH is 1. The Morgan fingerprint density at radius 2 is 1.84 bits per heavy atom. The zero-order chi connectivity index (χ0) is 26.9. The van der Waals surface area contributed by atoms with Gasteiger partial charge >= 0.3 is 0 Å². The van der Waals surface area contributed by atoms with Crippen molar-refractivity contribution in [2.75, 3.05) is 11.9 Å². The third-order valence-electron chi connectivity index (χ3n) is 6.27. The van der Waals surface area contributed by atoms with E-state index in [0.29, 0.717) is 18.7 Å². The molecule has 38 heavy (non-hydrogen) atoms. The average Bonchev–Trinajstić information content (AvgIpc) is 2.95. The summed E-state index contributed by atoms with van der Waals surface area (Å²) in [6.07, 6.45) is 3.24. The number of nitriles is 1. The van der Waals surface area contributed by atoms with Gasteiger partial charge in [0.05, 0.1) is 12.2 Å². The highest BCUT2D eigenvalue weighted by molar-refractivity contribution is 9.10. The second-order valence-electron chi connectivity index (χ2n) is 9.22. The van der Waals surface area contributed by atoms with E-state index in [9.17, 15) is 10.4 Å². The molecule has 3 aromatic carbocycles. The fourth-order valence-electron chi connectivity index (χ4n) is 4.10. The Hall–Kier alpha value is -3.70. The largest absolute Gasteiger partial charge is 0.488 e. The molecule has 1 aromatic heterocycles. The molecule has 4 rings (SSSR count). The number of anilines is 1. The zero-order valence-corrected chi connectivity index (χ0v) is 23.1. The van der Waals surface area contributed by atoms with Crippen LogP contribution in [0.2, 0.25) is 0 Å². The molecule has 6 nitrogen and oxygen atoms in total. The third-order valence-corrected chi connectivity index (χ3v) is 7.21. The predicted octanol–water partition coefficient (Wildman–Crippen LogP) is 6.35. The standard InChI is InChI=1S/C31H31BrN4O2/c1-21-11-27(18-35-22(2)19-37)30(38-20-24-12-23(14-33)15-34-16-24)13-29(21)36-17-26-9-6-10-28(31(26)32)25-7-4-3-5-8-25/h3-13,15-16,22,35-37H,17-20H2,1-2H3. The van der Waals surface area contributed by atoms with E-state index in [-0.39, 0.29) is 19.3 Å². The number of nitrogens with zero attached hydrogens (tertiary/aromatic N) is 2. The first-order valence-corrected chi connectivity index (χ1v) is 13.3. The molecule has 0 radical (unpaired) electrons. The molecule has 0 amide bonds. The molecule has 1 atom stereocenters. The molecule has 7 heteroatoms. The number of pyridine rings is 1. The van der Waals surface area contributed by atoms with E-state index in [0.717, 1.165) is 49.3 Å². The Balaban J connectivity index is 1.56. The number of halogens is 1. The summed E-state index contributed by atoms with van der Waals surface area (Å²) in [5, 5.41) is 25.5. The molecule has 1 unspecified atom stereocenters. The minimum Gasteiger partial charge on any atom is -0.488 e. The quantitative estimate of drug-likeness (QED) is 0.194. The highest BCUT2D eigenvalue weighted by Crippen LogP contribution is 2.33. The highest BCUT2D eigenvalue weighted by Gasteiger charge is 2.13. The number of hydrogen-bond acceptors (Lipinski definition) is 6. The van der Waals surface area contributed by atoms with E-state index in [1.165, 1.54) is 6.20 Å². The van der Waals surface area contributed by atoms with Gasteiger partial charge in [-0.15, -0.1) is 0 Å². The van der Waals surface area contributed by atoms with Gasteiger partial charge < -0.3 is 20.5 Å². The summed E-state index contributed by atoms with van der Waals surface area (Å²) in [5.74, 6) is 0.732. The summed E-state index contributed by atoms with van der Waals surface area (Å²) in [6, 6.07) is 24.6. The van der Waals surface area contributed by atoms with Crippen LogP contribution in [0.1, 0.15) is 34.7 Å². The Bertz CT molecular complexity index is 1420. The molecule has 0 aliphatic carbocycles. The van der Waals surface area contributed by atoms with Crippen molar-refractivity contribution in [2.45, 2.75) is 39.6 Å². The normalized spacial score (nSPS) is 11.6. The van der Waals surface area contributed by atoms with Crippen molar-refractivity contribution in [3.05, 3.63) is 111 Å². The van der Waals surface area contributed by atoms with Gasteiger partial charge in [0.15, 0.2) is 0 Å². The number of benzene rings is 3. The average molecular weight is 572 g/mol. The summed E-state index contributed by atoms with van der Waals surface area (Å²) in [4.78, 5) is 4.13. The highest BCUT2D eigenvalue weighted by atomic mass is 79.9. The van der Waals surface area contributed by atoms with Gasteiger partial charge in [-0.05, 0) is 64.2 Å². The van der Waals surface area contributed by atoms with Crippen molar-refractivity contribution in [1.29, 1.82) is 5.26 Å². The minimum absolute atomic E-state index is 0.0355. The van der Waals surface area contributed by atoms with E-state index in [1.54, 1.807) is 12.3 Å². The van der Waals surface area contributed by atoms with Gasteiger partial charge in [-0.25, -0.2) is 0 Å². The van der Waals surface area contributed by atoms with E-state index in [2.05, 4.69) is 80.9 Å². The first-order valence-electron chi connectivity index (χ1n) is 12.5. The van der Waals surface area contributed by atoms with Crippen LogP contribution in [0.3, 0.4) is 0 Å². The van der Waals surface area contributed by atoms with Crippen molar-refractivity contribution >= 4 is 21.6 Å². The van der Waals surface area contributed by atoms with Crippen molar-refractivity contribution in [3.8, 4) is 22.9 Å². The molecule has 0 aliphatic rings. The number of hydrogen-bond donors (Lipinski definition) is 3. The molecular weight excluding hydrogens is 540 g/mol. The molecular formula is C31H31BrN4O2. The van der Waals surface area contributed by atoms with Crippen LogP contribution >= 0.6 is 15.9 Å². The monoisotopic (exact) mass is 570 g/mol. The number of aryl methyl sites for hydroxylation is 1. The molecule has 0 spiro atoms. The van der Waals surface area contributed by atoms with Gasteiger partial charge in [-0.1, -0.05) is 48.5 Å². The number of rotatable bonds is 11. The maximum Gasteiger partial charge on any atom is 0.126 e. The number of aliphatic hydroxyl groups is 1. The Labute approximate surface area is 232 Å². The molecule has 4 aromatic rings. The maximum absolute atomic E-state index is 9.43. The Morgan fingerprint density at radius 3 is 2.61 bits per heavy atom. The fraction of sp³-hybridized carbons (Fsp3) is 0.226. The van der Waals surface area contributed by atoms with Gasteiger partial charge in [-0.2, -0.15) is 5.26 Å².